The van der Waals surface area contributed by atoms with Crippen molar-refractivity contribution in [1.29, 1.82) is 0 Å². The minimum absolute atomic E-state index is 0.600. The Labute approximate surface area is 354 Å². The summed E-state index contributed by atoms with van der Waals surface area (Å²) in [6.45, 7) is 6.49. The predicted molar refractivity (Wildman–Crippen MR) is 251 cm³/mol. The molecule has 0 saturated carbocycles. The van der Waals surface area contributed by atoms with Gasteiger partial charge in [-0.1, -0.05) is 176 Å². The Morgan fingerprint density at radius 3 is 2.03 bits per heavy atom. The van der Waals surface area contributed by atoms with E-state index in [-0.39, 0.29) is 0 Å². The Balaban J connectivity index is 1.03. The first kappa shape index (κ1) is 36.2. The van der Waals surface area contributed by atoms with Crippen molar-refractivity contribution in [2.24, 2.45) is 0 Å². The van der Waals surface area contributed by atoms with E-state index in [1.807, 2.05) is 42.5 Å². The number of rotatable bonds is 8. The van der Waals surface area contributed by atoms with Crippen LogP contribution in [0.4, 0.5) is 0 Å². The van der Waals surface area contributed by atoms with Crippen LogP contribution >= 0.6 is 0 Å². The van der Waals surface area contributed by atoms with Gasteiger partial charge in [-0.15, -0.1) is 0 Å². The molecule has 1 aliphatic carbocycles. The second kappa shape index (κ2) is 14.7. The Kier molecular flexibility index (Phi) is 8.71. The molecule has 0 aliphatic heterocycles. The number of oxazole rings is 1. The van der Waals surface area contributed by atoms with Gasteiger partial charge < -0.3 is 4.42 Å². The molecule has 4 nitrogen and oxygen atoms in total. The minimum Gasteiger partial charge on any atom is -0.436 e. The number of nitrogens with zero attached hydrogens (tertiary/aromatic N) is 3. The number of hydrogen-bond acceptors (Lipinski definition) is 4. The van der Waals surface area contributed by atoms with E-state index in [1.165, 1.54) is 27.5 Å². The standard InChI is InChI=1S/C57H39N3O/c1-3-14-46-47-19-10-12-21-50(47)57(49(46)4-2,45-33-34-52-53(36-45)61-56(59-52)41-16-6-5-7-17-41)44-31-29-40(30-32-44)55-58-51-22-13-11-20-48(51)54(60-55)39-26-23-38(24-27-39)43-28-25-37-15-8-9-18-42(37)35-43/h3-36H,2H2,1H3/b14-3-. The van der Waals surface area contributed by atoms with Crippen molar-refractivity contribution in [1.82, 2.24) is 15.0 Å². The molecule has 0 fully saturated rings. The summed E-state index contributed by atoms with van der Waals surface area (Å²) in [5.74, 6) is 1.27. The molecular formula is C57H39N3O. The summed E-state index contributed by atoms with van der Waals surface area (Å²) in [4.78, 5) is 15.3. The van der Waals surface area contributed by atoms with Crippen molar-refractivity contribution >= 4 is 38.3 Å². The maximum Gasteiger partial charge on any atom is 0.227 e. The fraction of sp³-hybridized carbons (Fsp3) is 0.0351. The molecule has 61 heavy (non-hydrogen) atoms. The zero-order valence-corrected chi connectivity index (χ0v) is 33.6. The molecule has 0 N–H and O–H groups in total. The smallest absolute Gasteiger partial charge is 0.227 e. The van der Waals surface area contributed by atoms with Gasteiger partial charge in [0.05, 0.1) is 16.6 Å². The fourth-order valence-electron chi connectivity index (χ4n) is 9.28. The highest BCUT2D eigenvalue weighted by molar-refractivity contribution is 5.95. The molecule has 4 heteroatoms. The van der Waals surface area contributed by atoms with Gasteiger partial charge in [0.2, 0.25) is 5.89 Å². The third-order valence-electron chi connectivity index (χ3n) is 12.1. The summed E-state index contributed by atoms with van der Waals surface area (Å²) >= 11 is 0. The SMILES string of the molecule is C=CC1=C(/C=C\C)c2ccccc2C1(c1ccc(-c2nc(-c3ccc(-c4ccc5ccccc5c4)cc3)c3ccccc3n2)cc1)c1ccc2nc(-c3ccccc3)oc2c1. The number of para-hydroxylation sites is 1. The lowest BCUT2D eigenvalue weighted by molar-refractivity contribution is 0.618. The van der Waals surface area contributed by atoms with Crippen LogP contribution in [0.3, 0.4) is 0 Å². The van der Waals surface area contributed by atoms with Crippen LogP contribution in [-0.4, -0.2) is 15.0 Å². The third-order valence-corrected chi connectivity index (χ3v) is 12.1. The Hall–Kier alpha value is -7.95. The van der Waals surface area contributed by atoms with Crippen LogP contribution in [0.1, 0.15) is 29.2 Å². The van der Waals surface area contributed by atoms with Crippen LogP contribution in [0, 0.1) is 0 Å². The fourth-order valence-corrected chi connectivity index (χ4v) is 9.28. The summed E-state index contributed by atoms with van der Waals surface area (Å²) in [5, 5.41) is 3.48. The highest BCUT2D eigenvalue weighted by atomic mass is 16.3. The van der Waals surface area contributed by atoms with Crippen molar-refractivity contribution in [2.75, 3.05) is 0 Å². The molecule has 8 aromatic carbocycles. The lowest BCUT2D eigenvalue weighted by Crippen LogP contribution is -2.29. The van der Waals surface area contributed by atoms with E-state index in [0.717, 1.165) is 72.2 Å². The Morgan fingerprint density at radius 1 is 0.525 bits per heavy atom. The number of allylic oxidation sites excluding steroid dienone is 5. The molecule has 0 radical (unpaired) electrons. The highest BCUT2D eigenvalue weighted by Crippen LogP contribution is 2.55. The summed E-state index contributed by atoms with van der Waals surface area (Å²) < 4.78 is 6.49. The molecule has 10 aromatic rings. The lowest BCUT2D eigenvalue weighted by atomic mass is 9.66. The molecule has 1 atom stereocenters. The van der Waals surface area contributed by atoms with E-state index in [1.54, 1.807) is 0 Å². The van der Waals surface area contributed by atoms with Gasteiger partial charge in [-0.05, 0) is 98.6 Å². The van der Waals surface area contributed by atoms with Gasteiger partial charge in [-0.2, -0.15) is 0 Å². The van der Waals surface area contributed by atoms with Crippen molar-refractivity contribution in [3.63, 3.8) is 0 Å². The quantitative estimate of drug-likeness (QED) is 0.154. The van der Waals surface area contributed by atoms with Crippen molar-refractivity contribution in [3.8, 4) is 45.2 Å². The van der Waals surface area contributed by atoms with E-state index in [0.29, 0.717) is 11.7 Å². The number of benzene rings is 8. The molecule has 1 unspecified atom stereocenters. The molecular weight excluding hydrogens is 743 g/mol. The van der Waals surface area contributed by atoms with E-state index in [4.69, 9.17) is 19.4 Å². The molecule has 0 saturated heterocycles. The van der Waals surface area contributed by atoms with E-state index in [9.17, 15) is 0 Å². The molecule has 0 amide bonds. The maximum absolute atomic E-state index is 6.49. The van der Waals surface area contributed by atoms with Crippen LogP contribution in [0.2, 0.25) is 0 Å². The topological polar surface area (TPSA) is 51.8 Å². The molecule has 2 aromatic heterocycles. The highest BCUT2D eigenvalue weighted by Gasteiger charge is 2.46. The minimum atomic E-state index is -0.693. The first-order valence-corrected chi connectivity index (χ1v) is 20.7. The molecule has 11 rings (SSSR count). The van der Waals surface area contributed by atoms with Crippen LogP contribution < -0.4 is 0 Å². The third kappa shape index (κ3) is 5.95. The second-order valence-corrected chi connectivity index (χ2v) is 15.5. The maximum atomic E-state index is 6.49. The summed E-state index contributed by atoms with van der Waals surface area (Å²) in [6.07, 6.45) is 6.32. The van der Waals surface area contributed by atoms with E-state index in [2.05, 4.69) is 177 Å². The van der Waals surface area contributed by atoms with E-state index >= 15 is 0 Å². The molecule has 1 aliphatic rings. The first-order valence-electron chi connectivity index (χ1n) is 20.7. The van der Waals surface area contributed by atoms with Crippen LogP contribution in [0.5, 0.6) is 0 Å². The van der Waals surface area contributed by atoms with Gasteiger partial charge in [-0.25, -0.2) is 15.0 Å². The van der Waals surface area contributed by atoms with Crippen LogP contribution in [-0.2, 0) is 5.41 Å². The first-order chi connectivity index (χ1) is 30.1. The number of hydrogen-bond donors (Lipinski definition) is 0. The van der Waals surface area contributed by atoms with Gasteiger partial charge in [0.15, 0.2) is 11.4 Å². The van der Waals surface area contributed by atoms with Crippen molar-refractivity contribution < 1.29 is 4.42 Å². The van der Waals surface area contributed by atoms with Gasteiger partial charge >= 0.3 is 0 Å². The predicted octanol–water partition coefficient (Wildman–Crippen LogP) is 14.5. The average molecular weight is 782 g/mol. The zero-order valence-electron chi connectivity index (χ0n) is 33.6. The van der Waals surface area contributed by atoms with Crippen LogP contribution in [0.25, 0.3) is 83.6 Å². The molecule has 288 valence electrons. The zero-order chi connectivity index (χ0) is 40.9. The summed E-state index contributed by atoms with van der Waals surface area (Å²) in [5.41, 5.74) is 14.7. The molecule has 0 bridgehead atoms. The molecule has 0 spiro atoms. The summed E-state index contributed by atoms with van der Waals surface area (Å²) in [6, 6.07) is 66.0. The van der Waals surface area contributed by atoms with Crippen molar-refractivity contribution in [2.45, 2.75) is 12.3 Å². The second-order valence-electron chi connectivity index (χ2n) is 15.5. The van der Waals surface area contributed by atoms with Gasteiger partial charge in [0, 0.05) is 22.1 Å². The molecule has 2 heterocycles. The van der Waals surface area contributed by atoms with Gasteiger partial charge in [-0.3, -0.25) is 0 Å². The van der Waals surface area contributed by atoms with Crippen molar-refractivity contribution in [3.05, 3.63) is 241 Å². The normalized spacial score (nSPS) is 15.0. The number of aromatic nitrogens is 3. The van der Waals surface area contributed by atoms with Gasteiger partial charge in [0.25, 0.3) is 0 Å². The Bertz CT molecular complexity index is 3380. The lowest BCUT2D eigenvalue weighted by Gasteiger charge is -2.34. The summed E-state index contributed by atoms with van der Waals surface area (Å²) in [7, 11) is 0. The Morgan fingerprint density at radius 2 is 1.21 bits per heavy atom. The van der Waals surface area contributed by atoms with Gasteiger partial charge in [0.1, 0.15) is 5.52 Å². The van der Waals surface area contributed by atoms with E-state index < -0.39 is 5.41 Å². The average Bonchev–Trinajstić information content (AvgIpc) is 3.89. The van der Waals surface area contributed by atoms with Crippen LogP contribution in [0.15, 0.2) is 223 Å². The largest absolute Gasteiger partial charge is 0.436 e. The monoisotopic (exact) mass is 781 g/mol. The number of fused-ring (bicyclic) bond motifs is 4.